The summed E-state index contributed by atoms with van der Waals surface area (Å²) in [5.41, 5.74) is 2.55. The number of amides is 2. The van der Waals surface area contributed by atoms with Gasteiger partial charge in [0.2, 0.25) is 11.8 Å². The Morgan fingerprint density at radius 3 is 2.12 bits per heavy atom. The lowest BCUT2D eigenvalue weighted by Crippen LogP contribution is -2.56. The van der Waals surface area contributed by atoms with Crippen LogP contribution in [0.25, 0.3) is 0 Å². The van der Waals surface area contributed by atoms with E-state index >= 15 is 0 Å². The zero-order chi connectivity index (χ0) is 29.0. The molecule has 0 unspecified atom stereocenters. The molecule has 1 aromatic heterocycles. The number of nitrogens with zero attached hydrogens (tertiary/aromatic N) is 1. The molecule has 214 valence electrons. The van der Waals surface area contributed by atoms with E-state index in [0.29, 0.717) is 31.9 Å². The number of carbonyl (C=O) groups excluding carboxylic acids is 2. The monoisotopic (exact) mass is 544 g/mol. The molecular weight excluding hydrogens is 500 g/mol. The number of aromatic nitrogens is 1. The van der Waals surface area contributed by atoms with Crippen molar-refractivity contribution in [2.45, 2.75) is 78.1 Å². The Bertz CT molecular complexity index is 1180. The Labute approximate surface area is 239 Å². The van der Waals surface area contributed by atoms with E-state index in [1.54, 1.807) is 12.4 Å². The van der Waals surface area contributed by atoms with Gasteiger partial charge in [-0.25, -0.2) is 0 Å². The number of pyridine rings is 1. The molecule has 40 heavy (non-hydrogen) atoms. The van der Waals surface area contributed by atoms with Crippen LogP contribution in [0.5, 0.6) is 5.75 Å². The molecule has 0 saturated heterocycles. The predicted octanol–water partition coefficient (Wildman–Crippen LogP) is 4.85. The third-order valence-electron chi connectivity index (χ3n) is 6.33. The third kappa shape index (κ3) is 11.2. The number of benzene rings is 2. The van der Waals surface area contributed by atoms with Gasteiger partial charge in [-0.05, 0) is 81.0 Å². The molecule has 2 amide bonds. The van der Waals surface area contributed by atoms with Gasteiger partial charge >= 0.3 is 0 Å². The van der Waals surface area contributed by atoms with Gasteiger partial charge in [-0.1, -0.05) is 62.4 Å². The van der Waals surface area contributed by atoms with Crippen molar-refractivity contribution in [3.05, 3.63) is 95.8 Å². The fraction of sp³-hybridized carbons (Fsp3) is 0.424. The van der Waals surface area contributed by atoms with Crippen molar-refractivity contribution in [3.8, 4) is 5.75 Å². The Morgan fingerprint density at radius 2 is 1.50 bits per heavy atom. The quantitative estimate of drug-likeness (QED) is 0.270. The van der Waals surface area contributed by atoms with Crippen LogP contribution < -0.4 is 20.7 Å². The molecule has 0 aliphatic heterocycles. The zero-order valence-electron chi connectivity index (χ0n) is 24.4. The Kier molecular flexibility index (Phi) is 11.7. The van der Waals surface area contributed by atoms with Crippen LogP contribution in [0.4, 0.5) is 0 Å². The molecule has 0 aliphatic carbocycles. The molecule has 2 atom stereocenters. The summed E-state index contributed by atoms with van der Waals surface area (Å²) < 4.78 is 5.91. The molecule has 3 aromatic rings. The highest BCUT2D eigenvalue weighted by Crippen LogP contribution is 2.16. The van der Waals surface area contributed by atoms with Crippen molar-refractivity contribution in [2.24, 2.45) is 5.92 Å². The van der Waals surface area contributed by atoms with Crippen molar-refractivity contribution < 1.29 is 14.3 Å². The minimum absolute atomic E-state index is 0.204. The molecule has 3 N–H and O–H groups in total. The van der Waals surface area contributed by atoms with Gasteiger partial charge < -0.3 is 20.7 Å². The van der Waals surface area contributed by atoms with E-state index in [1.165, 1.54) is 0 Å². The van der Waals surface area contributed by atoms with Crippen molar-refractivity contribution in [1.29, 1.82) is 0 Å². The molecule has 0 saturated carbocycles. The van der Waals surface area contributed by atoms with Crippen LogP contribution in [-0.4, -0.2) is 41.0 Å². The van der Waals surface area contributed by atoms with Gasteiger partial charge in [-0.3, -0.25) is 14.6 Å². The van der Waals surface area contributed by atoms with Crippen LogP contribution in [-0.2, 0) is 29.0 Å². The summed E-state index contributed by atoms with van der Waals surface area (Å²) in [5.74, 6) is 0.842. The molecule has 0 spiro atoms. The van der Waals surface area contributed by atoms with E-state index in [2.05, 4.69) is 34.8 Å². The molecule has 0 aliphatic rings. The second-order valence-electron chi connectivity index (χ2n) is 11.7. The van der Waals surface area contributed by atoms with E-state index in [-0.39, 0.29) is 11.8 Å². The number of hydrogen-bond donors (Lipinski definition) is 3. The molecule has 0 radical (unpaired) electrons. The highest BCUT2D eigenvalue weighted by Gasteiger charge is 2.28. The maximum absolute atomic E-state index is 13.6. The third-order valence-corrected chi connectivity index (χ3v) is 6.33. The van der Waals surface area contributed by atoms with Crippen LogP contribution in [0.1, 0.15) is 57.7 Å². The summed E-state index contributed by atoms with van der Waals surface area (Å²) in [4.78, 5) is 31.1. The fourth-order valence-electron chi connectivity index (χ4n) is 4.20. The minimum atomic E-state index is -0.730. The summed E-state index contributed by atoms with van der Waals surface area (Å²) in [6, 6.07) is 20.3. The topological polar surface area (TPSA) is 92.3 Å². The van der Waals surface area contributed by atoms with Crippen LogP contribution >= 0.6 is 0 Å². The van der Waals surface area contributed by atoms with Crippen LogP contribution in [0.15, 0.2) is 79.1 Å². The molecule has 7 heteroatoms. The molecule has 1 heterocycles. The number of ether oxygens (including phenoxy) is 1. The molecule has 0 bridgehead atoms. The number of nitrogens with one attached hydrogen (secondary N) is 3. The highest BCUT2D eigenvalue weighted by atomic mass is 16.5. The minimum Gasteiger partial charge on any atom is -0.489 e. The summed E-state index contributed by atoms with van der Waals surface area (Å²) in [6.45, 7) is 11.3. The lowest BCUT2D eigenvalue weighted by Gasteiger charge is -2.27. The molecule has 2 aromatic carbocycles. The van der Waals surface area contributed by atoms with Crippen molar-refractivity contribution >= 4 is 11.8 Å². The smallest absolute Gasteiger partial charge is 0.243 e. The van der Waals surface area contributed by atoms with Gasteiger partial charge in [-0.15, -0.1) is 0 Å². The molecule has 3 rings (SSSR count). The van der Waals surface area contributed by atoms with E-state index in [9.17, 15) is 9.59 Å². The first-order chi connectivity index (χ1) is 19.1. The normalized spacial score (nSPS) is 12.9. The van der Waals surface area contributed by atoms with Gasteiger partial charge in [0.05, 0.1) is 6.04 Å². The lowest BCUT2D eigenvalue weighted by molar-refractivity contribution is -0.130. The average molecular weight is 545 g/mol. The van der Waals surface area contributed by atoms with Crippen LogP contribution in [0, 0.1) is 5.92 Å². The first-order valence-electron chi connectivity index (χ1n) is 14.1. The fourth-order valence-corrected chi connectivity index (χ4v) is 4.20. The van der Waals surface area contributed by atoms with Gasteiger partial charge in [0.15, 0.2) is 0 Å². The summed E-state index contributed by atoms with van der Waals surface area (Å²) in [6.07, 6.45) is 5.28. The SMILES string of the molecule is CC(C)CCN[C@@H](Cc1cccnc1)C(=O)N[C@H](Cc1ccc(OCc2ccccc2)cc1)C(=O)NC(C)(C)C. The zero-order valence-corrected chi connectivity index (χ0v) is 24.4. The Morgan fingerprint density at radius 1 is 0.825 bits per heavy atom. The molecule has 0 fully saturated rings. The van der Waals surface area contributed by atoms with Gasteiger partial charge in [0, 0.05) is 24.4 Å². The number of hydrogen-bond acceptors (Lipinski definition) is 5. The maximum atomic E-state index is 13.6. The first kappa shape index (κ1) is 30.8. The van der Waals surface area contributed by atoms with Crippen molar-refractivity contribution in [1.82, 2.24) is 20.9 Å². The summed E-state index contributed by atoms with van der Waals surface area (Å²) in [5, 5.41) is 9.48. The summed E-state index contributed by atoms with van der Waals surface area (Å²) in [7, 11) is 0. The largest absolute Gasteiger partial charge is 0.489 e. The standard InChI is InChI=1S/C33H44N4O3/c1-24(2)17-19-35-29(21-27-12-9-18-34-22-27)31(38)36-30(32(39)37-33(3,4)5)20-25-13-15-28(16-14-25)40-23-26-10-7-6-8-11-26/h6-16,18,22,24,29-30,35H,17,19-21,23H2,1-5H3,(H,36,38)(H,37,39)/t29-,30+/m0/s1. The van der Waals surface area contributed by atoms with Crippen LogP contribution in [0.2, 0.25) is 0 Å². The Balaban J connectivity index is 1.71. The van der Waals surface area contributed by atoms with Crippen molar-refractivity contribution in [3.63, 3.8) is 0 Å². The van der Waals surface area contributed by atoms with Gasteiger partial charge in [0.25, 0.3) is 0 Å². The first-order valence-corrected chi connectivity index (χ1v) is 14.1. The highest BCUT2D eigenvalue weighted by molar-refractivity contribution is 5.90. The van der Waals surface area contributed by atoms with E-state index in [1.807, 2.05) is 87.5 Å². The van der Waals surface area contributed by atoms with E-state index in [4.69, 9.17) is 4.74 Å². The second-order valence-corrected chi connectivity index (χ2v) is 11.7. The maximum Gasteiger partial charge on any atom is 0.243 e. The summed E-state index contributed by atoms with van der Waals surface area (Å²) >= 11 is 0. The average Bonchev–Trinajstić information content (AvgIpc) is 2.91. The molecular formula is C33H44N4O3. The number of carbonyl (C=O) groups is 2. The Hall–Kier alpha value is -3.71. The van der Waals surface area contributed by atoms with Crippen molar-refractivity contribution in [2.75, 3.05) is 6.54 Å². The predicted molar refractivity (Wildman–Crippen MR) is 160 cm³/mol. The lowest BCUT2D eigenvalue weighted by atomic mass is 10.0. The van der Waals surface area contributed by atoms with Gasteiger partial charge in [-0.2, -0.15) is 0 Å². The van der Waals surface area contributed by atoms with Gasteiger partial charge in [0.1, 0.15) is 18.4 Å². The van der Waals surface area contributed by atoms with E-state index < -0.39 is 17.6 Å². The number of rotatable bonds is 14. The van der Waals surface area contributed by atoms with Crippen LogP contribution in [0.3, 0.4) is 0 Å². The second kappa shape index (κ2) is 15.2. The van der Waals surface area contributed by atoms with E-state index in [0.717, 1.165) is 28.9 Å². The molecule has 7 nitrogen and oxygen atoms in total.